The van der Waals surface area contributed by atoms with Crippen molar-refractivity contribution in [2.45, 2.75) is 0 Å². The Kier molecular flexibility index (Phi) is 1.90. The van der Waals surface area contributed by atoms with Crippen molar-refractivity contribution in [3.05, 3.63) is 29.8 Å². The molecule has 0 unspecified atom stereocenters. The van der Waals surface area contributed by atoms with Gasteiger partial charge in [0.25, 0.3) is 0 Å². The Morgan fingerprint density at radius 2 is 2.12 bits per heavy atom. The van der Waals surface area contributed by atoms with Crippen LogP contribution in [-0.2, 0) is 7.05 Å². The molecular formula is C9H7ClN6. The second kappa shape index (κ2) is 3.28. The molecule has 0 saturated carbocycles. The third kappa shape index (κ3) is 1.27. The van der Waals surface area contributed by atoms with Gasteiger partial charge in [0.15, 0.2) is 5.65 Å². The van der Waals surface area contributed by atoms with Crippen LogP contribution in [0.2, 0.25) is 5.15 Å². The molecule has 0 amide bonds. The molecule has 0 radical (unpaired) electrons. The SMILES string of the molecule is Cn1cncc1-c1nnc2ccc(Cl)nn12. The highest BCUT2D eigenvalue weighted by Gasteiger charge is 2.12. The van der Waals surface area contributed by atoms with Gasteiger partial charge >= 0.3 is 0 Å². The number of fused-ring (bicyclic) bond motifs is 1. The van der Waals surface area contributed by atoms with Gasteiger partial charge in [-0.2, -0.15) is 9.61 Å². The van der Waals surface area contributed by atoms with Crippen LogP contribution in [0.1, 0.15) is 0 Å². The molecule has 0 aromatic carbocycles. The minimum Gasteiger partial charge on any atom is -0.331 e. The summed E-state index contributed by atoms with van der Waals surface area (Å²) in [5.41, 5.74) is 1.49. The number of rotatable bonds is 1. The van der Waals surface area contributed by atoms with E-state index in [-0.39, 0.29) is 0 Å². The molecule has 7 heteroatoms. The van der Waals surface area contributed by atoms with Gasteiger partial charge in [0.05, 0.1) is 12.5 Å². The monoisotopic (exact) mass is 234 g/mol. The highest BCUT2D eigenvalue weighted by molar-refractivity contribution is 6.29. The molecule has 16 heavy (non-hydrogen) atoms. The van der Waals surface area contributed by atoms with Crippen molar-refractivity contribution >= 4 is 17.2 Å². The minimum atomic E-state index is 0.399. The van der Waals surface area contributed by atoms with Crippen molar-refractivity contribution in [3.8, 4) is 11.5 Å². The Morgan fingerprint density at radius 3 is 2.88 bits per heavy atom. The first-order valence-corrected chi connectivity index (χ1v) is 4.98. The van der Waals surface area contributed by atoms with E-state index >= 15 is 0 Å². The summed E-state index contributed by atoms with van der Waals surface area (Å²) in [5.74, 6) is 0.623. The first-order valence-electron chi connectivity index (χ1n) is 4.60. The topological polar surface area (TPSA) is 60.9 Å². The third-order valence-corrected chi connectivity index (χ3v) is 2.48. The van der Waals surface area contributed by atoms with Gasteiger partial charge in [-0.15, -0.1) is 10.2 Å². The summed E-state index contributed by atoms with van der Waals surface area (Å²) in [7, 11) is 1.88. The highest BCUT2D eigenvalue weighted by atomic mass is 35.5. The van der Waals surface area contributed by atoms with Gasteiger partial charge in [0.2, 0.25) is 5.82 Å². The van der Waals surface area contributed by atoms with Crippen LogP contribution < -0.4 is 0 Å². The number of imidazole rings is 1. The predicted octanol–water partition coefficient (Wildman–Crippen LogP) is 1.18. The molecular weight excluding hydrogens is 228 g/mol. The van der Waals surface area contributed by atoms with E-state index in [9.17, 15) is 0 Å². The molecule has 0 fully saturated rings. The molecule has 0 aliphatic rings. The summed E-state index contributed by atoms with van der Waals surface area (Å²) in [5, 5.41) is 12.6. The van der Waals surface area contributed by atoms with Crippen molar-refractivity contribution in [2.75, 3.05) is 0 Å². The van der Waals surface area contributed by atoms with Crippen molar-refractivity contribution in [1.82, 2.24) is 29.4 Å². The van der Waals surface area contributed by atoms with Gasteiger partial charge in [-0.3, -0.25) is 0 Å². The maximum absolute atomic E-state index is 5.84. The van der Waals surface area contributed by atoms with Crippen LogP contribution in [0, 0.1) is 0 Å². The molecule has 0 saturated heterocycles. The average Bonchev–Trinajstić information content (AvgIpc) is 2.83. The molecule has 3 aromatic rings. The van der Waals surface area contributed by atoms with Crippen LogP contribution in [0.5, 0.6) is 0 Å². The van der Waals surface area contributed by atoms with E-state index in [1.807, 2.05) is 11.6 Å². The molecule has 0 bridgehead atoms. The van der Waals surface area contributed by atoms with Crippen molar-refractivity contribution < 1.29 is 0 Å². The first-order chi connectivity index (χ1) is 7.75. The lowest BCUT2D eigenvalue weighted by Crippen LogP contribution is -1.98. The van der Waals surface area contributed by atoms with Crippen LogP contribution in [0.25, 0.3) is 17.2 Å². The van der Waals surface area contributed by atoms with E-state index in [2.05, 4.69) is 20.3 Å². The number of hydrogen-bond acceptors (Lipinski definition) is 4. The van der Waals surface area contributed by atoms with E-state index in [1.165, 1.54) is 0 Å². The fraction of sp³-hybridized carbons (Fsp3) is 0.111. The molecule has 3 aromatic heterocycles. The van der Waals surface area contributed by atoms with Gasteiger partial charge in [-0.05, 0) is 12.1 Å². The maximum atomic E-state index is 5.84. The largest absolute Gasteiger partial charge is 0.331 e. The third-order valence-electron chi connectivity index (χ3n) is 2.28. The Balaban J connectivity index is 2.32. The second-order valence-electron chi connectivity index (χ2n) is 3.34. The maximum Gasteiger partial charge on any atom is 0.203 e. The quantitative estimate of drug-likeness (QED) is 0.634. The van der Waals surface area contributed by atoms with Crippen LogP contribution in [-0.4, -0.2) is 29.4 Å². The summed E-state index contributed by atoms with van der Waals surface area (Å²) in [4.78, 5) is 4.03. The standard InChI is InChI=1S/C9H7ClN6/c1-15-5-11-4-6(15)9-13-12-8-3-2-7(10)14-16(8)9/h2-5H,1H3. The van der Waals surface area contributed by atoms with E-state index in [0.29, 0.717) is 16.6 Å². The van der Waals surface area contributed by atoms with E-state index in [1.54, 1.807) is 29.2 Å². The average molecular weight is 235 g/mol. The van der Waals surface area contributed by atoms with Crippen LogP contribution >= 0.6 is 11.6 Å². The normalized spacial score (nSPS) is 11.1. The van der Waals surface area contributed by atoms with E-state index < -0.39 is 0 Å². The summed E-state index contributed by atoms with van der Waals surface area (Å²) >= 11 is 5.84. The minimum absolute atomic E-state index is 0.399. The number of halogens is 1. The summed E-state index contributed by atoms with van der Waals surface area (Å²) in [6.07, 6.45) is 3.40. The van der Waals surface area contributed by atoms with Crippen LogP contribution in [0.3, 0.4) is 0 Å². The number of aromatic nitrogens is 6. The molecule has 0 aliphatic carbocycles. The lowest BCUT2D eigenvalue weighted by atomic mass is 10.4. The van der Waals surface area contributed by atoms with Gasteiger partial charge in [-0.1, -0.05) is 11.6 Å². The Hall–Kier alpha value is -1.95. The Morgan fingerprint density at radius 1 is 1.25 bits per heavy atom. The van der Waals surface area contributed by atoms with Crippen molar-refractivity contribution in [2.24, 2.45) is 7.05 Å². The lowest BCUT2D eigenvalue weighted by Gasteiger charge is -1.99. The van der Waals surface area contributed by atoms with Crippen molar-refractivity contribution in [1.29, 1.82) is 0 Å². The fourth-order valence-electron chi connectivity index (χ4n) is 1.50. The van der Waals surface area contributed by atoms with Gasteiger partial charge in [0, 0.05) is 7.05 Å². The van der Waals surface area contributed by atoms with Crippen LogP contribution in [0.4, 0.5) is 0 Å². The molecule has 6 nitrogen and oxygen atoms in total. The Bertz CT molecular complexity index is 655. The van der Waals surface area contributed by atoms with Gasteiger partial charge < -0.3 is 4.57 Å². The molecule has 3 rings (SSSR count). The first kappa shape index (κ1) is 9.29. The smallest absolute Gasteiger partial charge is 0.203 e. The summed E-state index contributed by atoms with van der Waals surface area (Å²) in [6.45, 7) is 0. The number of aryl methyl sites for hydroxylation is 1. The fourth-order valence-corrected chi connectivity index (χ4v) is 1.64. The molecule has 3 heterocycles. The van der Waals surface area contributed by atoms with E-state index in [0.717, 1.165) is 5.69 Å². The lowest BCUT2D eigenvalue weighted by molar-refractivity contribution is 0.877. The van der Waals surface area contributed by atoms with E-state index in [4.69, 9.17) is 11.6 Å². The zero-order valence-corrected chi connectivity index (χ0v) is 9.13. The molecule has 0 N–H and O–H groups in total. The molecule has 0 atom stereocenters. The summed E-state index contributed by atoms with van der Waals surface area (Å²) in [6, 6.07) is 3.45. The number of hydrogen-bond donors (Lipinski definition) is 0. The second-order valence-corrected chi connectivity index (χ2v) is 3.73. The van der Waals surface area contributed by atoms with Gasteiger partial charge in [0.1, 0.15) is 10.8 Å². The van der Waals surface area contributed by atoms with Gasteiger partial charge in [-0.25, -0.2) is 4.98 Å². The summed E-state index contributed by atoms with van der Waals surface area (Å²) < 4.78 is 3.44. The highest BCUT2D eigenvalue weighted by Crippen LogP contribution is 2.16. The Labute approximate surface area is 95.5 Å². The number of nitrogens with zero attached hydrogens (tertiary/aromatic N) is 6. The predicted molar refractivity (Wildman–Crippen MR) is 58.0 cm³/mol. The zero-order chi connectivity index (χ0) is 11.1. The van der Waals surface area contributed by atoms with Crippen LogP contribution in [0.15, 0.2) is 24.7 Å². The van der Waals surface area contributed by atoms with Crippen molar-refractivity contribution in [3.63, 3.8) is 0 Å². The molecule has 80 valence electrons. The zero-order valence-electron chi connectivity index (χ0n) is 8.37. The molecule has 0 spiro atoms. The molecule has 0 aliphatic heterocycles.